The van der Waals surface area contributed by atoms with Crippen molar-refractivity contribution in [2.24, 2.45) is 0 Å². The van der Waals surface area contributed by atoms with Crippen molar-refractivity contribution in [2.45, 2.75) is 11.1 Å². The van der Waals surface area contributed by atoms with Gasteiger partial charge in [0.05, 0.1) is 4.90 Å². The second-order valence-electron chi connectivity index (χ2n) is 5.31. The van der Waals surface area contributed by atoms with E-state index in [4.69, 9.17) is 0 Å². The Labute approximate surface area is 152 Å². The Morgan fingerprint density at radius 2 is 1.67 bits per heavy atom. The van der Waals surface area contributed by atoms with Crippen LogP contribution in [0.4, 0.5) is 23.2 Å². The van der Waals surface area contributed by atoms with E-state index in [9.17, 15) is 30.8 Å². The average Bonchev–Trinajstić information content (AvgIpc) is 2.59. The molecule has 1 amide bonds. The van der Waals surface area contributed by atoms with Gasteiger partial charge in [0.1, 0.15) is 12.4 Å². The molecular formula is C17H14F4N2O3S. The Kier molecular flexibility index (Phi) is 6.34. The molecule has 0 saturated heterocycles. The van der Waals surface area contributed by atoms with E-state index < -0.39 is 34.5 Å². The molecule has 0 unspecified atom stereocenters. The Hall–Kier alpha value is -2.72. The Bertz CT molecular complexity index is 939. The van der Waals surface area contributed by atoms with Crippen LogP contribution in [0.5, 0.6) is 0 Å². The summed E-state index contributed by atoms with van der Waals surface area (Å²) in [5, 5.41) is 2.42. The molecule has 0 radical (unpaired) electrons. The molecule has 10 heteroatoms. The summed E-state index contributed by atoms with van der Waals surface area (Å²) in [7, 11) is -4.33. The van der Waals surface area contributed by atoms with Gasteiger partial charge in [0.25, 0.3) is 0 Å². The lowest BCUT2D eigenvalue weighted by atomic mass is 10.2. The Balaban J connectivity index is 2.01. The first kappa shape index (κ1) is 20.6. The number of hydrogen-bond donors (Lipinski definition) is 2. The Morgan fingerprint density at radius 1 is 1.04 bits per heavy atom. The third kappa shape index (κ3) is 6.50. The minimum atomic E-state index is -4.68. The molecule has 2 N–H and O–H groups in total. The summed E-state index contributed by atoms with van der Waals surface area (Å²) in [6.45, 7) is -1.69. The van der Waals surface area contributed by atoms with Crippen LogP contribution in [-0.4, -0.2) is 27.0 Å². The van der Waals surface area contributed by atoms with Gasteiger partial charge < -0.3 is 5.32 Å². The first-order chi connectivity index (χ1) is 12.6. The van der Waals surface area contributed by atoms with Gasteiger partial charge in [-0.3, -0.25) is 4.79 Å². The van der Waals surface area contributed by atoms with Crippen LogP contribution in [0.25, 0.3) is 6.08 Å². The lowest BCUT2D eigenvalue weighted by Gasteiger charge is -2.10. The molecule has 27 heavy (non-hydrogen) atoms. The third-order valence-electron chi connectivity index (χ3n) is 3.21. The number of halogens is 4. The normalized spacial score (nSPS) is 12.3. The van der Waals surface area contributed by atoms with Crippen molar-refractivity contribution in [3.05, 3.63) is 66.0 Å². The maximum absolute atomic E-state index is 13.4. The van der Waals surface area contributed by atoms with Crippen molar-refractivity contribution < 1.29 is 30.8 Å². The predicted molar refractivity (Wildman–Crippen MR) is 91.7 cm³/mol. The van der Waals surface area contributed by atoms with E-state index in [0.717, 1.165) is 18.2 Å². The number of nitrogens with one attached hydrogen (secondary N) is 2. The van der Waals surface area contributed by atoms with Gasteiger partial charge in [0, 0.05) is 17.3 Å². The quantitative estimate of drug-likeness (QED) is 0.575. The number of carbonyl (C=O) groups is 1. The predicted octanol–water partition coefficient (Wildman–Crippen LogP) is 3.32. The van der Waals surface area contributed by atoms with Crippen LogP contribution in [0, 0.1) is 5.82 Å². The van der Waals surface area contributed by atoms with E-state index in [0.29, 0.717) is 0 Å². The van der Waals surface area contributed by atoms with E-state index in [-0.39, 0.29) is 16.1 Å². The average molecular weight is 402 g/mol. The molecule has 0 atom stereocenters. The molecule has 0 aliphatic carbocycles. The first-order valence-electron chi connectivity index (χ1n) is 7.47. The molecule has 2 aromatic carbocycles. The number of hydrogen-bond acceptors (Lipinski definition) is 3. The third-order valence-corrected chi connectivity index (χ3v) is 4.63. The van der Waals surface area contributed by atoms with Gasteiger partial charge in [-0.15, -0.1) is 0 Å². The van der Waals surface area contributed by atoms with Crippen LogP contribution in [0.3, 0.4) is 0 Å². The summed E-state index contributed by atoms with van der Waals surface area (Å²) in [6, 6.07) is 10.4. The van der Waals surface area contributed by atoms with Gasteiger partial charge in [-0.25, -0.2) is 17.5 Å². The zero-order valence-corrected chi connectivity index (χ0v) is 14.4. The number of amides is 1. The molecule has 0 saturated carbocycles. The SMILES string of the molecule is O=C(/C=C/c1ccccc1F)Nc1ccc(S(=O)(=O)NCC(F)(F)F)cc1. The summed E-state index contributed by atoms with van der Waals surface area (Å²) in [5.74, 6) is -1.09. The van der Waals surface area contributed by atoms with Crippen molar-refractivity contribution >= 4 is 27.7 Å². The number of sulfonamides is 1. The fraction of sp³-hybridized carbons (Fsp3) is 0.118. The molecule has 2 aromatic rings. The van der Waals surface area contributed by atoms with Crippen molar-refractivity contribution in [1.82, 2.24) is 4.72 Å². The standard InChI is InChI=1S/C17H14F4N2O3S/c18-15-4-2-1-3-12(15)5-10-16(24)23-13-6-8-14(9-7-13)27(25,26)22-11-17(19,20)21/h1-10,22H,11H2,(H,23,24)/b10-5+. The highest BCUT2D eigenvalue weighted by Gasteiger charge is 2.30. The summed E-state index contributed by atoms with van der Waals surface area (Å²) < 4.78 is 74.8. The zero-order valence-electron chi connectivity index (χ0n) is 13.6. The monoisotopic (exact) mass is 402 g/mol. The van der Waals surface area contributed by atoms with E-state index >= 15 is 0 Å². The molecule has 5 nitrogen and oxygen atoms in total. The van der Waals surface area contributed by atoms with Gasteiger partial charge in [-0.05, 0) is 36.4 Å². The highest BCUT2D eigenvalue weighted by Crippen LogP contribution is 2.17. The first-order valence-corrected chi connectivity index (χ1v) is 8.95. The molecule has 144 valence electrons. The highest BCUT2D eigenvalue weighted by atomic mass is 32.2. The van der Waals surface area contributed by atoms with E-state index in [1.54, 1.807) is 6.07 Å². The van der Waals surface area contributed by atoms with Crippen molar-refractivity contribution in [1.29, 1.82) is 0 Å². The molecular weight excluding hydrogens is 388 g/mol. The number of benzene rings is 2. The molecule has 2 rings (SSSR count). The van der Waals surface area contributed by atoms with Crippen molar-refractivity contribution in [3.63, 3.8) is 0 Å². The second-order valence-corrected chi connectivity index (χ2v) is 7.08. The minimum Gasteiger partial charge on any atom is -0.323 e. The van der Waals surface area contributed by atoms with Crippen LogP contribution in [0.1, 0.15) is 5.56 Å². The second kappa shape index (κ2) is 8.31. The van der Waals surface area contributed by atoms with Crippen LogP contribution < -0.4 is 10.0 Å². The summed E-state index contributed by atoms with van der Waals surface area (Å²) in [5.41, 5.74) is 0.429. The maximum atomic E-state index is 13.4. The Morgan fingerprint density at radius 3 is 2.26 bits per heavy atom. The molecule has 0 aliphatic heterocycles. The maximum Gasteiger partial charge on any atom is 0.402 e. The smallest absolute Gasteiger partial charge is 0.323 e. The zero-order chi connectivity index (χ0) is 20.1. The molecule has 0 aliphatic rings. The van der Waals surface area contributed by atoms with Crippen LogP contribution in [0.2, 0.25) is 0 Å². The van der Waals surface area contributed by atoms with Crippen molar-refractivity contribution in [2.75, 3.05) is 11.9 Å². The molecule has 0 aromatic heterocycles. The van der Waals surface area contributed by atoms with Gasteiger partial charge >= 0.3 is 6.18 Å². The highest BCUT2D eigenvalue weighted by molar-refractivity contribution is 7.89. The van der Waals surface area contributed by atoms with Gasteiger partial charge in [-0.2, -0.15) is 13.2 Å². The van der Waals surface area contributed by atoms with Crippen LogP contribution in [-0.2, 0) is 14.8 Å². The molecule has 0 fully saturated rings. The number of alkyl halides is 3. The number of anilines is 1. The largest absolute Gasteiger partial charge is 0.402 e. The summed E-state index contributed by atoms with van der Waals surface area (Å²) in [4.78, 5) is 11.4. The molecule has 0 heterocycles. The lowest BCUT2D eigenvalue weighted by Crippen LogP contribution is -2.33. The van der Waals surface area contributed by atoms with Crippen molar-refractivity contribution in [3.8, 4) is 0 Å². The summed E-state index contributed by atoms with van der Waals surface area (Å²) in [6.07, 6.45) is -2.32. The topological polar surface area (TPSA) is 75.3 Å². The fourth-order valence-electron chi connectivity index (χ4n) is 1.94. The molecule has 0 spiro atoms. The molecule has 0 bridgehead atoms. The summed E-state index contributed by atoms with van der Waals surface area (Å²) >= 11 is 0. The number of rotatable bonds is 6. The van der Waals surface area contributed by atoms with Gasteiger partial charge in [-0.1, -0.05) is 18.2 Å². The van der Waals surface area contributed by atoms with Crippen LogP contribution in [0.15, 0.2) is 59.5 Å². The van der Waals surface area contributed by atoms with E-state index in [1.807, 2.05) is 0 Å². The van der Waals surface area contributed by atoms with Gasteiger partial charge in [0.15, 0.2) is 0 Å². The lowest BCUT2D eigenvalue weighted by molar-refractivity contribution is -0.121. The number of carbonyl (C=O) groups excluding carboxylic acids is 1. The van der Waals surface area contributed by atoms with Gasteiger partial charge in [0.2, 0.25) is 15.9 Å². The van der Waals surface area contributed by atoms with E-state index in [2.05, 4.69) is 5.32 Å². The minimum absolute atomic E-state index is 0.213. The van der Waals surface area contributed by atoms with Crippen LogP contribution >= 0.6 is 0 Å². The fourth-order valence-corrected chi connectivity index (χ4v) is 2.95. The van der Waals surface area contributed by atoms with E-state index in [1.165, 1.54) is 41.1 Å².